The van der Waals surface area contributed by atoms with Crippen LogP contribution in [-0.2, 0) is 49.1 Å². The molecule has 0 heterocycles. The molecule has 0 N–H and O–H groups in total. The van der Waals surface area contributed by atoms with Gasteiger partial charge in [-0.1, -0.05) is 0 Å². The van der Waals surface area contributed by atoms with Gasteiger partial charge in [0.05, 0.1) is 0 Å². The third-order valence-corrected chi connectivity index (χ3v) is 13.6. The first-order chi connectivity index (χ1) is 21.5. The van der Waals surface area contributed by atoms with E-state index in [0.717, 1.165) is 51.4 Å². The SMILES string of the molecule is CCCCCCC(=O)C(=O)[O][Pb]([O]C(=O)C(=O)CCCCCC)([O]C(=O)C(=O)CCCCCC)[O]C(=O)C(=O)CCCCCC. The topological polar surface area (TPSA) is 173 Å². The van der Waals surface area contributed by atoms with Gasteiger partial charge in [0.25, 0.3) is 0 Å². The Hall–Kier alpha value is -2.52. The van der Waals surface area contributed by atoms with Crippen molar-refractivity contribution in [3.8, 4) is 0 Å². The molecule has 0 amide bonds. The number of Topliss-reactive ketones (excluding diaryl/α,β-unsaturated/α-hetero) is 4. The van der Waals surface area contributed by atoms with Crippen molar-refractivity contribution in [3.05, 3.63) is 0 Å². The molecule has 0 aromatic carbocycles. The van der Waals surface area contributed by atoms with Gasteiger partial charge in [0, 0.05) is 0 Å². The molecular formula is C32H52O12Pb. The van der Waals surface area contributed by atoms with E-state index >= 15 is 0 Å². The zero-order valence-electron chi connectivity index (χ0n) is 27.5. The van der Waals surface area contributed by atoms with Gasteiger partial charge in [0.15, 0.2) is 0 Å². The van der Waals surface area contributed by atoms with E-state index in [1.165, 1.54) is 0 Å². The molecule has 12 nitrogen and oxygen atoms in total. The quantitative estimate of drug-likeness (QED) is 0.0531. The number of rotatable bonds is 28. The second-order valence-corrected chi connectivity index (χ2v) is 18.1. The van der Waals surface area contributed by atoms with Crippen molar-refractivity contribution < 1.29 is 49.1 Å². The number of hydrogen-bond donors (Lipinski definition) is 0. The molecule has 0 aromatic rings. The predicted molar refractivity (Wildman–Crippen MR) is 165 cm³/mol. The van der Waals surface area contributed by atoms with Crippen LogP contribution < -0.4 is 0 Å². The average Bonchev–Trinajstić information content (AvgIpc) is 3.01. The summed E-state index contributed by atoms with van der Waals surface area (Å²) in [5.74, 6) is -10.8. The van der Waals surface area contributed by atoms with Crippen molar-refractivity contribution in [2.24, 2.45) is 0 Å². The van der Waals surface area contributed by atoms with Gasteiger partial charge >= 0.3 is 275 Å². The Bertz CT molecular complexity index is 833. The van der Waals surface area contributed by atoms with E-state index in [-0.39, 0.29) is 25.7 Å². The van der Waals surface area contributed by atoms with Gasteiger partial charge in [-0.15, -0.1) is 0 Å². The number of unbranched alkanes of at least 4 members (excludes halogenated alkanes) is 12. The minimum atomic E-state index is -7.00. The van der Waals surface area contributed by atoms with Gasteiger partial charge < -0.3 is 0 Å². The molecule has 13 heteroatoms. The molecule has 0 aliphatic heterocycles. The summed E-state index contributed by atoms with van der Waals surface area (Å²) in [7, 11) is 0. The zero-order valence-corrected chi connectivity index (χ0v) is 31.4. The first kappa shape index (κ1) is 42.5. The zero-order chi connectivity index (χ0) is 34.1. The van der Waals surface area contributed by atoms with E-state index in [2.05, 4.69) is 0 Å². The van der Waals surface area contributed by atoms with Crippen molar-refractivity contribution in [1.82, 2.24) is 0 Å². The second kappa shape index (κ2) is 25.6. The third kappa shape index (κ3) is 19.6. The molecule has 0 aromatic heterocycles. The number of carbonyl (C=O) groups excluding carboxylic acids is 8. The van der Waals surface area contributed by atoms with E-state index in [4.69, 9.17) is 10.7 Å². The van der Waals surface area contributed by atoms with E-state index in [0.29, 0.717) is 51.4 Å². The number of carbonyl (C=O) groups is 8. The van der Waals surface area contributed by atoms with Crippen LogP contribution in [0.5, 0.6) is 0 Å². The van der Waals surface area contributed by atoms with Crippen LogP contribution in [0.25, 0.3) is 0 Å². The normalized spacial score (nSPS) is 10.9. The Morgan fingerprint density at radius 2 is 0.533 bits per heavy atom. The average molecular weight is 836 g/mol. The van der Waals surface area contributed by atoms with E-state index in [1.807, 2.05) is 27.7 Å². The van der Waals surface area contributed by atoms with Crippen molar-refractivity contribution in [1.29, 1.82) is 0 Å². The third-order valence-electron chi connectivity index (χ3n) is 6.81. The van der Waals surface area contributed by atoms with Crippen molar-refractivity contribution in [2.75, 3.05) is 0 Å². The molecule has 0 aliphatic carbocycles. The number of hydrogen-bond acceptors (Lipinski definition) is 12. The van der Waals surface area contributed by atoms with Gasteiger partial charge in [-0.05, 0) is 0 Å². The Morgan fingerprint density at radius 3 is 0.711 bits per heavy atom. The summed E-state index contributed by atoms with van der Waals surface area (Å²) in [5.41, 5.74) is 0. The molecule has 0 radical (unpaired) electrons. The van der Waals surface area contributed by atoms with Crippen LogP contribution >= 0.6 is 0 Å². The van der Waals surface area contributed by atoms with Crippen molar-refractivity contribution in [2.45, 2.75) is 156 Å². The van der Waals surface area contributed by atoms with Gasteiger partial charge in [-0.25, -0.2) is 0 Å². The minimum absolute atomic E-state index is 0.262. The van der Waals surface area contributed by atoms with Gasteiger partial charge in [0.1, 0.15) is 0 Å². The summed E-state index contributed by atoms with van der Waals surface area (Å²) in [6.45, 7) is 7.82. The summed E-state index contributed by atoms with van der Waals surface area (Å²) in [5, 5.41) is 0. The van der Waals surface area contributed by atoms with Crippen molar-refractivity contribution >= 4 is 70.0 Å². The summed E-state index contributed by atoms with van der Waals surface area (Å²) >= 11 is -7.00. The Morgan fingerprint density at radius 1 is 0.333 bits per heavy atom. The molecule has 0 fully saturated rings. The summed E-state index contributed by atoms with van der Waals surface area (Å²) in [4.78, 5) is 102. The van der Waals surface area contributed by atoms with Gasteiger partial charge in [0.2, 0.25) is 0 Å². The van der Waals surface area contributed by atoms with Crippen LogP contribution in [0.15, 0.2) is 0 Å². The molecule has 0 saturated carbocycles. The Labute approximate surface area is 274 Å². The molecule has 45 heavy (non-hydrogen) atoms. The molecule has 0 atom stereocenters. The van der Waals surface area contributed by atoms with Crippen LogP contribution in [0.3, 0.4) is 0 Å². The Kier molecular flexibility index (Phi) is 24.2. The monoisotopic (exact) mass is 836 g/mol. The van der Waals surface area contributed by atoms with Crippen LogP contribution in [0.1, 0.15) is 156 Å². The van der Waals surface area contributed by atoms with E-state index < -0.39 is 70.0 Å². The first-order valence-electron chi connectivity index (χ1n) is 16.5. The summed E-state index contributed by atoms with van der Waals surface area (Å²) < 4.78 is 20.4. The Balaban J connectivity index is 6.28. The molecule has 0 unspecified atom stereocenters. The molecule has 0 spiro atoms. The fraction of sp³-hybridized carbons (Fsp3) is 0.750. The second-order valence-electron chi connectivity index (χ2n) is 11.0. The van der Waals surface area contributed by atoms with Gasteiger partial charge in [-0.2, -0.15) is 0 Å². The van der Waals surface area contributed by atoms with Crippen LogP contribution in [0.2, 0.25) is 0 Å². The summed E-state index contributed by atoms with van der Waals surface area (Å²) in [6.07, 6.45) is 9.49. The molecule has 0 saturated heterocycles. The first-order valence-corrected chi connectivity index (χ1v) is 22.9. The van der Waals surface area contributed by atoms with E-state index in [1.54, 1.807) is 0 Å². The molecule has 0 bridgehead atoms. The van der Waals surface area contributed by atoms with Crippen LogP contribution in [0.4, 0.5) is 0 Å². The summed E-state index contributed by atoms with van der Waals surface area (Å²) in [6, 6.07) is 0. The maximum atomic E-state index is 12.9. The molecule has 256 valence electrons. The molecule has 0 rings (SSSR count). The molecule has 0 aliphatic rings. The maximum absolute atomic E-state index is 12.9. The fourth-order valence-electron chi connectivity index (χ4n) is 4.06. The van der Waals surface area contributed by atoms with Crippen molar-refractivity contribution in [3.63, 3.8) is 0 Å². The fourth-order valence-corrected chi connectivity index (χ4v) is 10.3. The standard InChI is InChI=1S/4C8H14O3.Pb/c4*1-2-3-4-5-6-7(9)8(10)11;/h4*2-6H2,1H3,(H,10,11);/q;;;;+4/p-4. The van der Waals surface area contributed by atoms with Crippen LogP contribution in [0, 0.1) is 0 Å². The van der Waals surface area contributed by atoms with Crippen LogP contribution in [-0.4, -0.2) is 70.0 Å². The predicted octanol–water partition coefficient (Wildman–Crippen LogP) is 5.75. The molecular weight excluding hydrogens is 784 g/mol. The van der Waals surface area contributed by atoms with E-state index in [9.17, 15) is 38.4 Å². The number of ketones is 4. The van der Waals surface area contributed by atoms with Gasteiger partial charge in [-0.3, -0.25) is 0 Å².